The van der Waals surface area contributed by atoms with Crippen molar-refractivity contribution >= 4 is 11.1 Å². The monoisotopic (exact) mass is 248 g/mol. The molecule has 1 aliphatic carbocycles. The first kappa shape index (κ1) is 12.2. The average Bonchev–Trinajstić information content (AvgIpc) is 2.76. The second kappa shape index (κ2) is 4.70. The number of benzene rings is 2. The summed E-state index contributed by atoms with van der Waals surface area (Å²) < 4.78 is 0. The van der Waals surface area contributed by atoms with Gasteiger partial charge in [0.05, 0.1) is 0 Å². The minimum absolute atomic E-state index is 0.270. The van der Waals surface area contributed by atoms with Gasteiger partial charge in [-0.15, -0.1) is 0 Å². The quantitative estimate of drug-likeness (QED) is 0.666. The molecule has 0 saturated carbocycles. The van der Waals surface area contributed by atoms with Gasteiger partial charge in [-0.25, -0.2) is 0 Å². The molecule has 0 amide bonds. The molecule has 0 unspecified atom stereocenters. The van der Waals surface area contributed by atoms with Gasteiger partial charge in [-0.05, 0) is 40.5 Å². The summed E-state index contributed by atoms with van der Waals surface area (Å²) in [6.07, 6.45) is 2.42. The Morgan fingerprint density at radius 1 is 0.737 bits per heavy atom. The molecule has 0 aromatic heterocycles. The lowest BCUT2D eigenvalue weighted by Crippen LogP contribution is -2.09. The Hall–Kier alpha value is -1.82. The zero-order valence-corrected chi connectivity index (χ0v) is 11.7. The third-order valence-electron chi connectivity index (χ3n) is 4.16. The molecular formula is C19H20. The lowest BCUT2D eigenvalue weighted by molar-refractivity contribution is 0.487. The summed E-state index contributed by atoms with van der Waals surface area (Å²) in [4.78, 5) is 0. The molecule has 0 heterocycles. The third-order valence-corrected chi connectivity index (χ3v) is 4.16. The van der Waals surface area contributed by atoms with E-state index >= 15 is 0 Å². The van der Waals surface area contributed by atoms with Crippen LogP contribution in [0.25, 0.3) is 11.1 Å². The Kier molecular flexibility index (Phi) is 3.02. The Morgan fingerprint density at radius 2 is 1.26 bits per heavy atom. The van der Waals surface area contributed by atoms with Gasteiger partial charge in [0.25, 0.3) is 0 Å². The van der Waals surface area contributed by atoms with Crippen molar-refractivity contribution in [1.29, 1.82) is 0 Å². The maximum Gasteiger partial charge on any atom is -0.00915 e. The molecule has 0 fully saturated rings. The highest BCUT2D eigenvalue weighted by atomic mass is 14.4. The zero-order chi connectivity index (χ0) is 13.3. The van der Waals surface area contributed by atoms with Crippen LogP contribution in [0.2, 0.25) is 0 Å². The molecule has 96 valence electrons. The highest BCUT2D eigenvalue weighted by Crippen LogP contribution is 2.51. The predicted octanol–water partition coefficient (Wildman–Crippen LogP) is 5.42. The summed E-state index contributed by atoms with van der Waals surface area (Å²) >= 11 is 0. The number of allylic oxidation sites excluding steroid dienone is 2. The largest absolute Gasteiger partial charge is 0.0622 e. The fourth-order valence-electron chi connectivity index (χ4n) is 3.19. The van der Waals surface area contributed by atoms with Crippen LogP contribution in [0.15, 0.2) is 60.7 Å². The summed E-state index contributed by atoms with van der Waals surface area (Å²) in [7, 11) is 0. The Labute approximate surface area is 115 Å². The zero-order valence-electron chi connectivity index (χ0n) is 11.7. The summed E-state index contributed by atoms with van der Waals surface area (Å²) in [6, 6.07) is 21.7. The van der Waals surface area contributed by atoms with Gasteiger partial charge in [0.15, 0.2) is 0 Å². The van der Waals surface area contributed by atoms with Crippen LogP contribution in [0, 0.1) is 5.41 Å². The maximum atomic E-state index is 2.37. The van der Waals surface area contributed by atoms with Crippen molar-refractivity contribution in [3.8, 4) is 0 Å². The molecule has 0 bridgehead atoms. The van der Waals surface area contributed by atoms with Gasteiger partial charge in [0.2, 0.25) is 0 Å². The van der Waals surface area contributed by atoms with Crippen LogP contribution < -0.4 is 0 Å². The van der Waals surface area contributed by atoms with Gasteiger partial charge in [-0.3, -0.25) is 0 Å². The summed E-state index contributed by atoms with van der Waals surface area (Å²) in [5, 5.41) is 0. The van der Waals surface area contributed by atoms with Gasteiger partial charge in [-0.2, -0.15) is 0 Å². The topological polar surface area (TPSA) is 0 Å². The molecule has 0 heteroatoms. The van der Waals surface area contributed by atoms with Gasteiger partial charge in [0.1, 0.15) is 0 Å². The first-order valence-corrected chi connectivity index (χ1v) is 7.03. The Balaban J connectivity index is 2.19. The van der Waals surface area contributed by atoms with Gasteiger partial charge < -0.3 is 0 Å². The summed E-state index contributed by atoms with van der Waals surface area (Å²) in [5.74, 6) is 0. The van der Waals surface area contributed by atoms with Gasteiger partial charge in [-0.1, -0.05) is 74.5 Å². The van der Waals surface area contributed by atoms with E-state index < -0.39 is 0 Å². The molecule has 0 aliphatic heterocycles. The van der Waals surface area contributed by atoms with E-state index in [1.165, 1.54) is 35.1 Å². The second-order valence-electron chi connectivity index (χ2n) is 5.97. The number of hydrogen-bond acceptors (Lipinski definition) is 0. The third kappa shape index (κ3) is 2.23. The lowest BCUT2D eigenvalue weighted by Gasteiger charge is -2.23. The molecule has 2 aromatic rings. The molecule has 0 spiro atoms. The molecule has 1 aliphatic rings. The standard InChI is InChI=1S/C19H20/c1-19(2)14-13-17(15-9-5-3-6-10-15)18(19)16-11-7-4-8-12-16/h3-12H,13-14H2,1-2H3. The maximum absolute atomic E-state index is 2.37. The van der Waals surface area contributed by atoms with Crippen LogP contribution in [0.4, 0.5) is 0 Å². The lowest BCUT2D eigenvalue weighted by atomic mass is 9.81. The van der Waals surface area contributed by atoms with Crippen molar-refractivity contribution in [1.82, 2.24) is 0 Å². The predicted molar refractivity (Wildman–Crippen MR) is 82.7 cm³/mol. The Bertz CT molecular complexity index is 588. The summed E-state index contributed by atoms with van der Waals surface area (Å²) in [5.41, 5.74) is 6.08. The second-order valence-corrected chi connectivity index (χ2v) is 5.97. The smallest absolute Gasteiger partial charge is 0.00915 e. The highest BCUT2D eigenvalue weighted by molar-refractivity contribution is 5.95. The van der Waals surface area contributed by atoms with Crippen LogP contribution in [0.1, 0.15) is 37.8 Å². The molecular weight excluding hydrogens is 228 g/mol. The highest BCUT2D eigenvalue weighted by Gasteiger charge is 2.33. The molecule has 0 nitrogen and oxygen atoms in total. The van der Waals surface area contributed by atoms with Gasteiger partial charge >= 0.3 is 0 Å². The average molecular weight is 248 g/mol. The van der Waals surface area contributed by atoms with Crippen molar-refractivity contribution in [3.63, 3.8) is 0 Å². The van der Waals surface area contributed by atoms with E-state index in [0.29, 0.717) is 0 Å². The van der Waals surface area contributed by atoms with E-state index in [1.807, 2.05) is 0 Å². The van der Waals surface area contributed by atoms with E-state index in [4.69, 9.17) is 0 Å². The van der Waals surface area contributed by atoms with Crippen LogP contribution >= 0.6 is 0 Å². The first-order valence-electron chi connectivity index (χ1n) is 7.03. The van der Waals surface area contributed by atoms with E-state index in [9.17, 15) is 0 Å². The summed E-state index contributed by atoms with van der Waals surface area (Å²) in [6.45, 7) is 4.73. The van der Waals surface area contributed by atoms with Crippen molar-refractivity contribution in [2.45, 2.75) is 26.7 Å². The molecule has 3 rings (SSSR count). The van der Waals surface area contributed by atoms with E-state index in [-0.39, 0.29) is 5.41 Å². The van der Waals surface area contributed by atoms with Crippen molar-refractivity contribution in [2.24, 2.45) is 5.41 Å². The fourth-order valence-corrected chi connectivity index (χ4v) is 3.19. The van der Waals surface area contributed by atoms with Crippen molar-refractivity contribution in [3.05, 3.63) is 71.8 Å². The molecule has 0 saturated heterocycles. The molecule has 0 N–H and O–H groups in total. The van der Waals surface area contributed by atoms with Crippen LogP contribution in [-0.2, 0) is 0 Å². The molecule has 0 radical (unpaired) electrons. The van der Waals surface area contributed by atoms with Gasteiger partial charge in [0, 0.05) is 0 Å². The van der Waals surface area contributed by atoms with Crippen LogP contribution in [0.3, 0.4) is 0 Å². The van der Waals surface area contributed by atoms with Crippen molar-refractivity contribution in [2.75, 3.05) is 0 Å². The minimum atomic E-state index is 0.270. The van der Waals surface area contributed by atoms with Crippen molar-refractivity contribution < 1.29 is 0 Å². The van der Waals surface area contributed by atoms with Crippen LogP contribution in [-0.4, -0.2) is 0 Å². The normalized spacial score (nSPS) is 17.8. The minimum Gasteiger partial charge on any atom is -0.0622 e. The Morgan fingerprint density at radius 3 is 1.84 bits per heavy atom. The molecule has 2 aromatic carbocycles. The first-order chi connectivity index (χ1) is 9.18. The molecule has 19 heavy (non-hydrogen) atoms. The molecule has 0 atom stereocenters. The SMILES string of the molecule is CC1(C)CCC(c2ccccc2)=C1c1ccccc1. The number of hydrogen-bond donors (Lipinski definition) is 0. The fraction of sp³-hybridized carbons (Fsp3) is 0.263. The van der Waals surface area contributed by atoms with E-state index in [0.717, 1.165) is 0 Å². The van der Waals surface area contributed by atoms with E-state index in [2.05, 4.69) is 74.5 Å². The van der Waals surface area contributed by atoms with Crippen LogP contribution in [0.5, 0.6) is 0 Å². The number of rotatable bonds is 2. The van der Waals surface area contributed by atoms with E-state index in [1.54, 1.807) is 0 Å².